The van der Waals surface area contributed by atoms with Crippen LogP contribution in [0, 0.1) is 17.1 Å². The number of amides is 2. The minimum absolute atomic E-state index is 0.0127. The molecule has 6 nitrogen and oxygen atoms in total. The molecule has 7 heteroatoms. The van der Waals surface area contributed by atoms with Gasteiger partial charge in [0.1, 0.15) is 11.9 Å². The second kappa shape index (κ2) is 7.62. The number of rotatable bonds is 6. The van der Waals surface area contributed by atoms with Gasteiger partial charge in [-0.3, -0.25) is 9.59 Å². The minimum Gasteiger partial charge on any atom is -0.353 e. The Morgan fingerprint density at radius 2 is 2.08 bits per heavy atom. The highest BCUT2D eigenvalue weighted by molar-refractivity contribution is 5.88. The second-order valence-electron chi connectivity index (χ2n) is 6.92. The molecule has 2 rings (SSSR count). The summed E-state index contributed by atoms with van der Waals surface area (Å²) in [7, 11) is 0. The smallest absolute Gasteiger partial charge is 0.238 e. The molecule has 0 unspecified atom stereocenters. The van der Waals surface area contributed by atoms with Crippen LogP contribution in [0.5, 0.6) is 0 Å². The van der Waals surface area contributed by atoms with Gasteiger partial charge in [-0.05, 0) is 56.9 Å². The molecule has 0 radical (unpaired) electrons. The molecule has 1 aromatic rings. The van der Waals surface area contributed by atoms with E-state index in [2.05, 4.69) is 10.6 Å². The van der Waals surface area contributed by atoms with Gasteiger partial charge in [0.15, 0.2) is 0 Å². The highest BCUT2D eigenvalue weighted by atomic mass is 19.1. The van der Waals surface area contributed by atoms with Gasteiger partial charge in [-0.1, -0.05) is 0 Å². The monoisotopic (exact) mass is 346 g/mol. The topological polar surface area (TPSA) is 108 Å². The number of halogens is 1. The van der Waals surface area contributed by atoms with Crippen LogP contribution in [0.15, 0.2) is 18.2 Å². The largest absolute Gasteiger partial charge is 0.353 e. The van der Waals surface area contributed by atoms with Crippen LogP contribution in [-0.4, -0.2) is 30.4 Å². The van der Waals surface area contributed by atoms with E-state index in [1.165, 1.54) is 12.1 Å². The van der Waals surface area contributed by atoms with Crippen LogP contribution in [-0.2, 0) is 15.0 Å². The second-order valence-corrected chi connectivity index (χ2v) is 6.92. The molecule has 0 saturated heterocycles. The van der Waals surface area contributed by atoms with Crippen molar-refractivity contribution in [2.45, 2.75) is 50.6 Å². The number of nitrogens with zero attached hydrogens (tertiary/aromatic N) is 1. The summed E-state index contributed by atoms with van der Waals surface area (Å²) in [4.78, 5) is 24.4. The number of carbonyl (C=O) groups excluding carboxylic acids is 2. The highest BCUT2D eigenvalue weighted by Crippen LogP contribution is 2.25. The van der Waals surface area contributed by atoms with Crippen molar-refractivity contribution < 1.29 is 14.0 Å². The summed E-state index contributed by atoms with van der Waals surface area (Å²) in [5.74, 6) is -1.26. The first kappa shape index (κ1) is 18.9. The van der Waals surface area contributed by atoms with E-state index in [-0.39, 0.29) is 24.1 Å². The fourth-order valence-electron chi connectivity index (χ4n) is 2.52. The Hall–Kier alpha value is -2.46. The zero-order valence-electron chi connectivity index (χ0n) is 14.4. The number of hydrogen-bond acceptors (Lipinski definition) is 4. The Morgan fingerprint density at radius 3 is 2.64 bits per heavy atom. The van der Waals surface area contributed by atoms with Crippen LogP contribution in [0.25, 0.3) is 0 Å². The lowest BCUT2D eigenvalue weighted by Crippen LogP contribution is -2.53. The van der Waals surface area contributed by atoms with Crippen molar-refractivity contribution in [2.75, 3.05) is 6.54 Å². The Morgan fingerprint density at radius 1 is 1.40 bits per heavy atom. The maximum Gasteiger partial charge on any atom is 0.238 e. The first-order chi connectivity index (χ1) is 11.7. The van der Waals surface area contributed by atoms with Gasteiger partial charge in [0, 0.05) is 12.6 Å². The Balaban J connectivity index is 1.97. The van der Waals surface area contributed by atoms with Crippen molar-refractivity contribution in [3.63, 3.8) is 0 Å². The number of hydrogen-bond donors (Lipinski definition) is 3. The van der Waals surface area contributed by atoms with Crippen LogP contribution >= 0.6 is 0 Å². The van der Waals surface area contributed by atoms with Crippen molar-refractivity contribution in [3.05, 3.63) is 35.1 Å². The molecule has 1 atom stereocenters. The van der Waals surface area contributed by atoms with Gasteiger partial charge in [-0.15, -0.1) is 0 Å². The first-order valence-corrected chi connectivity index (χ1v) is 8.29. The molecule has 1 aliphatic rings. The number of carbonyl (C=O) groups is 2. The van der Waals surface area contributed by atoms with Crippen molar-refractivity contribution in [1.29, 1.82) is 5.26 Å². The predicted octanol–water partition coefficient (Wildman–Crippen LogP) is 1.09. The number of benzene rings is 1. The van der Waals surface area contributed by atoms with Crippen LogP contribution in [0.1, 0.15) is 44.2 Å². The van der Waals surface area contributed by atoms with E-state index < -0.39 is 23.2 Å². The van der Waals surface area contributed by atoms with E-state index >= 15 is 0 Å². The van der Waals surface area contributed by atoms with E-state index in [0.717, 1.165) is 25.3 Å². The summed E-state index contributed by atoms with van der Waals surface area (Å²) in [6, 6.07) is 5.02. The molecule has 1 fully saturated rings. The lowest BCUT2D eigenvalue weighted by Gasteiger charge is -2.28. The number of nitrogens with two attached hydrogens (primary N) is 1. The third-order valence-electron chi connectivity index (χ3n) is 4.59. The van der Waals surface area contributed by atoms with Crippen molar-refractivity contribution in [3.8, 4) is 6.07 Å². The molecular weight excluding hydrogens is 323 g/mol. The Bertz CT molecular complexity index is 708. The van der Waals surface area contributed by atoms with Gasteiger partial charge >= 0.3 is 0 Å². The molecule has 1 aromatic carbocycles. The third kappa shape index (κ3) is 4.54. The molecule has 0 heterocycles. The van der Waals surface area contributed by atoms with E-state index in [1.54, 1.807) is 13.8 Å². The van der Waals surface area contributed by atoms with Gasteiger partial charge in [0.25, 0.3) is 0 Å². The Labute approximate surface area is 146 Å². The zero-order chi connectivity index (χ0) is 18.6. The quantitative estimate of drug-likeness (QED) is 0.716. The van der Waals surface area contributed by atoms with Crippen LogP contribution in [0.4, 0.5) is 4.39 Å². The molecule has 0 spiro atoms. The standard InChI is InChI=1S/C18H23FN4O2/c1-18(2,12-6-11(9-20)7-13(19)8-12)17(25)22-10-15(21)16(24)23-14-4-3-5-14/h6-8,14-15H,3-5,10,21H2,1-2H3,(H,22,25)(H,23,24)/t15-/m0/s1. The van der Waals surface area contributed by atoms with E-state index in [9.17, 15) is 14.0 Å². The molecular formula is C18H23FN4O2. The third-order valence-corrected chi connectivity index (χ3v) is 4.59. The summed E-state index contributed by atoms with van der Waals surface area (Å²) >= 11 is 0. The van der Waals surface area contributed by atoms with Crippen molar-refractivity contribution >= 4 is 11.8 Å². The molecule has 0 aliphatic heterocycles. The predicted molar refractivity (Wildman–Crippen MR) is 90.9 cm³/mol. The van der Waals surface area contributed by atoms with E-state index in [1.807, 2.05) is 6.07 Å². The van der Waals surface area contributed by atoms with Crippen molar-refractivity contribution in [2.24, 2.45) is 5.73 Å². The first-order valence-electron chi connectivity index (χ1n) is 8.29. The highest BCUT2D eigenvalue weighted by Gasteiger charge is 2.31. The average molecular weight is 346 g/mol. The van der Waals surface area contributed by atoms with Crippen LogP contribution in [0.2, 0.25) is 0 Å². The molecule has 0 bridgehead atoms. The lowest BCUT2D eigenvalue weighted by atomic mass is 9.83. The zero-order valence-corrected chi connectivity index (χ0v) is 14.4. The van der Waals surface area contributed by atoms with Crippen LogP contribution < -0.4 is 16.4 Å². The molecule has 25 heavy (non-hydrogen) atoms. The summed E-state index contributed by atoms with van der Waals surface area (Å²) in [6.45, 7) is 3.23. The molecule has 2 amide bonds. The van der Waals surface area contributed by atoms with E-state index in [0.29, 0.717) is 5.56 Å². The molecule has 1 saturated carbocycles. The normalized spacial score (nSPS) is 15.6. The molecule has 4 N–H and O–H groups in total. The molecule has 134 valence electrons. The summed E-state index contributed by atoms with van der Waals surface area (Å²) in [5, 5.41) is 14.4. The van der Waals surface area contributed by atoms with Crippen molar-refractivity contribution in [1.82, 2.24) is 10.6 Å². The summed E-state index contributed by atoms with van der Waals surface area (Å²) in [6.07, 6.45) is 3.01. The van der Waals surface area contributed by atoms with Gasteiger partial charge < -0.3 is 16.4 Å². The van der Waals surface area contributed by atoms with Gasteiger partial charge in [0.05, 0.1) is 17.0 Å². The summed E-state index contributed by atoms with van der Waals surface area (Å²) in [5.41, 5.74) is 5.27. The Kier molecular flexibility index (Phi) is 5.75. The van der Waals surface area contributed by atoms with Crippen LogP contribution in [0.3, 0.4) is 0 Å². The van der Waals surface area contributed by atoms with Gasteiger partial charge in [-0.25, -0.2) is 4.39 Å². The lowest BCUT2D eigenvalue weighted by molar-refractivity contribution is -0.126. The summed E-state index contributed by atoms with van der Waals surface area (Å²) < 4.78 is 13.6. The SMILES string of the molecule is CC(C)(C(=O)NC[C@H](N)C(=O)NC1CCC1)c1cc(F)cc(C#N)c1. The van der Waals surface area contributed by atoms with E-state index in [4.69, 9.17) is 11.0 Å². The fourth-order valence-corrected chi connectivity index (χ4v) is 2.52. The fraction of sp³-hybridized carbons (Fsp3) is 0.500. The average Bonchev–Trinajstić information content (AvgIpc) is 2.54. The van der Waals surface area contributed by atoms with Gasteiger partial charge in [-0.2, -0.15) is 5.26 Å². The molecule has 1 aliphatic carbocycles. The maximum absolute atomic E-state index is 13.6. The number of nitriles is 1. The van der Waals surface area contributed by atoms with Gasteiger partial charge in [0.2, 0.25) is 11.8 Å². The molecule has 0 aromatic heterocycles. The minimum atomic E-state index is -1.07. The number of nitrogens with one attached hydrogen (secondary N) is 2. The maximum atomic E-state index is 13.6.